The average Bonchev–Trinajstić information content (AvgIpc) is 1.35. The van der Waals surface area contributed by atoms with Crippen LogP contribution in [0.25, 0.3) is 0 Å². The number of hydrogen-bond acceptors (Lipinski definition) is 0. The summed E-state index contributed by atoms with van der Waals surface area (Å²) in [6, 6.07) is 0. The summed E-state index contributed by atoms with van der Waals surface area (Å²) in [4.78, 5) is 0. The van der Waals surface area contributed by atoms with E-state index in [9.17, 15) is 0 Å². The van der Waals surface area contributed by atoms with Crippen molar-refractivity contribution in [2.75, 3.05) is 0 Å². The third-order valence-corrected chi connectivity index (χ3v) is 3.18. The van der Waals surface area contributed by atoms with E-state index in [4.69, 9.17) is 0 Å². The van der Waals surface area contributed by atoms with Gasteiger partial charge in [-0.3, -0.25) is 0 Å². The van der Waals surface area contributed by atoms with E-state index < -0.39 is 7.94 Å². The van der Waals surface area contributed by atoms with Crippen LogP contribution in [0.4, 0.5) is 0 Å². The van der Waals surface area contributed by atoms with E-state index in [-0.39, 0.29) is 0 Å². The maximum atomic E-state index is 2.38. The molecule has 0 fully saturated rings. The van der Waals surface area contributed by atoms with Crippen molar-refractivity contribution in [1.82, 2.24) is 0 Å². The summed E-state index contributed by atoms with van der Waals surface area (Å²) >= 11 is 0. The van der Waals surface area contributed by atoms with Crippen LogP contribution in [0.5, 0.6) is 0 Å². The zero-order valence-electron chi connectivity index (χ0n) is 5.21. The summed E-state index contributed by atoms with van der Waals surface area (Å²) in [7, 11) is -0.631. The normalized spacial score (nSPS) is 11.3. The van der Waals surface area contributed by atoms with Crippen molar-refractivity contribution < 1.29 is 0 Å². The standard InChI is InChI=1S/C4H13BSi/c1-5-6(2,3)4/h5H,1-4H3. The summed E-state index contributed by atoms with van der Waals surface area (Å²) in [6.45, 7) is 10.8. The minimum absolute atomic E-state index is 0.631. The molecule has 0 atom stereocenters. The summed E-state index contributed by atoms with van der Waals surface area (Å²) < 4.78 is 0. The Hall–Kier alpha value is 0.282. The van der Waals surface area contributed by atoms with Crippen molar-refractivity contribution in [1.29, 1.82) is 0 Å². The summed E-state index contributed by atoms with van der Waals surface area (Å²) in [5, 5.41) is 0. The Kier molecular flexibility index (Phi) is 1.91. The first-order chi connectivity index (χ1) is 2.56. The molecule has 0 radical (unpaired) electrons. The Labute approximate surface area is 42.1 Å². The quantitative estimate of drug-likeness (QED) is 0.436. The van der Waals surface area contributed by atoms with Gasteiger partial charge in [-0.25, -0.2) is 0 Å². The molecule has 0 nitrogen and oxygen atoms in total. The van der Waals surface area contributed by atoms with Crippen LogP contribution in [-0.2, 0) is 0 Å². The van der Waals surface area contributed by atoms with E-state index in [2.05, 4.69) is 26.5 Å². The smallest absolute Gasteiger partial charge is 0.0913 e. The van der Waals surface area contributed by atoms with Crippen molar-refractivity contribution in [3.05, 3.63) is 0 Å². The van der Waals surface area contributed by atoms with E-state index in [0.29, 0.717) is 0 Å². The Balaban J connectivity index is 3.17. The van der Waals surface area contributed by atoms with Gasteiger partial charge in [0, 0.05) is 7.94 Å². The third-order valence-electron chi connectivity index (χ3n) is 1.06. The van der Waals surface area contributed by atoms with E-state index in [1.807, 2.05) is 0 Å². The minimum Gasteiger partial charge on any atom is -0.0913 e. The predicted octanol–water partition coefficient (Wildman–Crippen LogP) is 1.31. The highest BCUT2D eigenvalue weighted by atomic mass is 28.3. The van der Waals surface area contributed by atoms with Crippen LogP contribution in [-0.4, -0.2) is 14.8 Å². The van der Waals surface area contributed by atoms with Crippen molar-refractivity contribution in [3.63, 3.8) is 0 Å². The first-order valence-corrected chi connectivity index (χ1v) is 6.27. The van der Waals surface area contributed by atoms with Crippen LogP contribution < -0.4 is 0 Å². The molecule has 0 aromatic heterocycles. The van der Waals surface area contributed by atoms with Gasteiger partial charge in [-0.2, -0.15) is 0 Å². The fourth-order valence-corrected chi connectivity index (χ4v) is 0. The van der Waals surface area contributed by atoms with Crippen LogP contribution in [0, 0.1) is 0 Å². The molecule has 0 aliphatic heterocycles. The summed E-state index contributed by atoms with van der Waals surface area (Å²) in [6.07, 6.45) is 0. The van der Waals surface area contributed by atoms with Crippen LogP contribution in [0.1, 0.15) is 0 Å². The second-order valence-electron chi connectivity index (χ2n) is 2.91. The second kappa shape index (κ2) is 1.83. The molecule has 0 aromatic carbocycles. The van der Waals surface area contributed by atoms with Gasteiger partial charge in [0.1, 0.15) is 6.87 Å². The number of hydrogen-bond donors (Lipinski definition) is 0. The molecule has 0 aromatic rings. The highest BCUT2D eigenvalue weighted by Gasteiger charge is 2.08. The van der Waals surface area contributed by atoms with Crippen molar-refractivity contribution in [2.45, 2.75) is 26.5 Å². The van der Waals surface area contributed by atoms with Gasteiger partial charge >= 0.3 is 0 Å². The molecular formula is C4H13BSi. The van der Waals surface area contributed by atoms with E-state index in [1.165, 1.54) is 6.87 Å². The molecular weight excluding hydrogens is 86.9 g/mol. The van der Waals surface area contributed by atoms with Crippen LogP contribution >= 0.6 is 0 Å². The van der Waals surface area contributed by atoms with E-state index in [0.717, 1.165) is 0 Å². The zero-order chi connectivity index (χ0) is 5.21. The molecule has 0 rings (SSSR count). The fraction of sp³-hybridized carbons (Fsp3) is 1.00. The zero-order valence-corrected chi connectivity index (χ0v) is 6.21. The first-order valence-electron chi connectivity index (χ1n) is 2.56. The van der Waals surface area contributed by atoms with Gasteiger partial charge in [0.2, 0.25) is 0 Å². The predicted molar refractivity (Wildman–Crippen MR) is 36.4 cm³/mol. The molecule has 0 unspecified atom stereocenters. The molecule has 2 heteroatoms. The monoisotopic (exact) mass is 100 g/mol. The lowest BCUT2D eigenvalue weighted by Crippen LogP contribution is -2.26. The van der Waals surface area contributed by atoms with Gasteiger partial charge in [0.05, 0.1) is 0 Å². The number of rotatable bonds is 1. The maximum absolute atomic E-state index is 2.38. The van der Waals surface area contributed by atoms with Gasteiger partial charge < -0.3 is 0 Å². The second-order valence-corrected chi connectivity index (χ2v) is 8.74. The Morgan fingerprint density at radius 1 is 1.17 bits per heavy atom. The summed E-state index contributed by atoms with van der Waals surface area (Å²) in [5.41, 5.74) is 0. The largest absolute Gasteiger partial charge is 0.112 e. The SMILES string of the molecule is CB[Si](C)(C)C. The van der Waals surface area contributed by atoms with E-state index >= 15 is 0 Å². The Morgan fingerprint density at radius 2 is 1.33 bits per heavy atom. The highest BCUT2D eigenvalue weighted by Crippen LogP contribution is 1.94. The lowest BCUT2D eigenvalue weighted by atomic mass is 10.2. The van der Waals surface area contributed by atoms with Crippen molar-refractivity contribution in [3.8, 4) is 0 Å². The Bertz CT molecular complexity index is 37.3. The molecule has 0 saturated heterocycles. The fourth-order valence-electron chi connectivity index (χ4n) is 0. The van der Waals surface area contributed by atoms with Crippen LogP contribution in [0.2, 0.25) is 26.5 Å². The van der Waals surface area contributed by atoms with Gasteiger partial charge in [-0.05, 0) is 0 Å². The highest BCUT2D eigenvalue weighted by molar-refractivity contribution is 7.22. The molecule has 0 aliphatic rings. The molecule has 0 amide bonds. The molecule has 0 aliphatic carbocycles. The topological polar surface area (TPSA) is 0 Å². The average molecular weight is 100 g/mol. The maximum Gasteiger partial charge on any atom is 0.112 e. The van der Waals surface area contributed by atoms with Crippen molar-refractivity contribution in [2.24, 2.45) is 0 Å². The Morgan fingerprint density at radius 3 is 1.33 bits per heavy atom. The summed E-state index contributed by atoms with van der Waals surface area (Å²) in [5.74, 6) is 0. The van der Waals surface area contributed by atoms with Gasteiger partial charge in [0.25, 0.3) is 0 Å². The van der Waals surface area contributed by atoms with Gasteiger partial charge in [-0.1, -0.05) is 26.5 Å². The molecule has 0 N–H and O–H groups in total. The van der Waals surface area contributed by atoms with E-state index in [1.54, 1.807) is 0 Å². The van der Waals surface area contributed by atoms with Crippen molar-refractivity contribution >= 4 is 14.8 Å². The van der Waals surface area contributed by atoms with Crippen LogP contribution in [0.15, 0.2) is 0 Å². The molecule has 0 spiro atoms. The molecule has 6 heavy (non-hydrogen) atoms. The third kappa shape index (κ3) is 4.28. The molecule has 0 saturated carbocycles. The lowest BCUT2D eigenvalue weighted by Gasteiger charge is -2.08. The molecule has 0 bridgehead atoms. The lowest BCUT2D eigenvalue weighted by molar-refractivity contribution is 1.85. The van der Waals surface area contributed by atoms with Gasteiger partial charge in [0.15, 0.2) is 0 Å². The van der Waals surface area contributed by atoms with Gasteiger partial charge in [-0.15, -0.1) is 0 Å². The first kappa shape index (κ1) is 6.28. The van der Waals surface area contributed by atoms with Crippen LogP contribution in [0.3, 0.4) is 0 Å². The minimum atomic E-state index is -0.631. The molecule has 0 heterocycles. The molecule has 36 valence electrons.